The van der Waals surface area contributed by atoms with Gasteiger partial charge in [0.1, 0.15) is 0 Å². The molecule has 0 aromatic heterocycles. The lowest BCUT2D eigenvalue weighted by molar-refractivity contribution is 0.289. The second-order valence-corrected chi connectivity index (χ2v) is 11.1. The van der Waals surface area contributed by atoms with Crippen molar-refractivity contribution < 1.29 is 31.1 Å². The zero-order valence-electron chi connectivity index (χ0n) is 24.2. The Kier molecular flexibility index (Phi) is 11.2. The standard InChI is InChI=1S/C35H38F6O/c1-3-5-7-8-24-15-17-26(32(38)30(24)36)23-12-9-22(10-13-23)11-14-25-16-18-27(33(39)31(25)37)28-19-20-29(35(41)34(28)40)42-21-6-4-2/h3,5,15-20,22-23H,4,6-14,21H2,1-2H3. The van der Waals surface area contributed by atoms with E-state index in [1.807, 2.05) is 26.0 Å². The summed E-state index contributed by atoms with van der Waals surface area (Å²) in [6, 6.07) is 8.50. The van der Waals surface area contributed by atoms with Gasteiger partial charge in [-0.15, -0.1) is 0 Å². The molecule has 3 aromatic rings. The number of benzene rings is 3. The highest BCUT2D eigenvalue weighted by Gasteiger charge is 2.27. The highest BCUT2D eigenvalue weighted by Crippen LogP contribution is 2.40. The second kappa shape index (κ2) is 14.8. The Bertz CT molecular complexity index is 1390. The molecule has 0 unspecified atom stereocenters. The van der Waals surface area contributed by atoms with Crippen molar-refractivity contribution in [3.63, 3.8) is 0 Å². The van der Waals surface area contributed by atoms with Gasteiger partial charge in [0.25, 0.3) is 0 Å². The molecule has 0 atom stereocenters. The first-order valence-electron chi connectivity index (χ1n) is 14.9. The van der Waals surface area contributed by atoms with Crippen LogP contribution in [0.15, 0.2) is 48.6 Å². The molecule has 1 aliphatic carbocycles. The SMILES string of the molecule is CC=CCCc1ccc(C2CCC(CCc3ccc(-c4ccc(OCCCC)c(F)c4F)c(F)c3F)CC2)c(F)c1F. The lowest BCUT2D eigenvalue weighted by atomic mass is 9.76. The Morgan fingerprint density at radius 2 is 1.33 bits per heavy atom. The summed E-state index contributed by atoms with van der Waals surface area (Å²) in [5.74, 6) is -6.43. The molecule has 1 fully saturated rings. The number of unbranched alkanes of at least 4 members (excludes halogenated alkanes) is 1. The van der Waals surface area contributed by atoms with Crippen LogP contribution in [-0.2, 0) is 12.8 Å². The molecule has 0 bridgehead atoms. The van der Waals surface area contributed by atoms with Crippen molar-refractivity contribution >= 4 is 0 Å². The van der Waals surface area contributed by atoms with E-state index in [1.165, 1.54) is 24.3 Å². The van der Waals surface area contributed by atoms with E-state index in [9.17, 15) is 17.6 Å². The Morgan fingerprint density at radius 3 is 2.02 bits per heavy atom. The third-order valence-electron chi connectivity index (χ3n) is 8.37. The molecule has 0 amide bonds. The van der Waals surface area contributed by atoms with Crippen molar-refractivity contribution in [3.05, 3.63) is 100 Å². The normalized spacial score (nSPS) is 17.2. The highest BCUT2D eigenvalue weighted by molar-refractivity contribution is 5.66. The number of halogens is 6. The van der Waals surface area contributed by atoms with E-state index >= 15 is 8.78 Å². The molecular weight excluding hydrogens is 550 g/mol. The average Bonchev–Trinajstić information content (AvgIpc) is 2.99. The van der Waals surface area contributed by atoms with Crippen LogP contribution in [0.25, 0.3) is 11.1 Å². The molecule has 1 saturated carbocycles. The van der Waals surface area contributed by atoms with Gasteiger partial charge in [-0.1, -0.05) is 49.8 Å². The lowest BCUT2D eigenvalue weighted by Crippen LogP contribution is -2.16. The number of hydrogen-bond donors (Lipinski definition) is 0. The van der Waals surface area contributed by atoms with Crippen molar-refractivity contribution in [1.29, 1.82) is 0 Å². The van der Waals surface area contributed by atoms with Crippen molar-refractivity contribution in [2.45, 2.75) is 84.0 Å². The van der Waals surface area contributed by atoms with Gasteiger partial charge in [0, 0.05) is 11.1 Å². The molecule has 0 aliphatic heterocycles. The monoisotopic (exact) mass is 588 g/mol. The van der Waals surface area contributed by atoms with Gasteiger partial charge < -0.3 is 4.74 Å². The summed E-state index contributed by atoms with van der Waals surface area (Å²) in [4.78, 5) is 0. The van der Waals surface area contributed by atoms with E-state index in [-0.39, 0.29) is 47.3 Å². The van der Waals surface area contributed by atoms with Crippen LogP contribution in [0.5, 0.6) is 5.75 Å². The van der Waals surface area contributed by atoms with E-state index in [4.69, 9.17) is 4.74 Å². The first-order valence-corrected chi connectivity index (χ1v) is 14.9. The summed E-state index contributed by atoms with van der Waals surface area (Å²) in [5, 5.41) is 0. The van der Waals surface area contributed by atoms with Crippen LogP contribution in [0.4, 0.5) is 26.3 Å². The fraction of sp³-hybridized carbons (Fsp3) is 0.429. The first-order chi connectivity index (χ1) is 20.3. The summed E-state index contributed by atoms with van der Waals surface area (Å²) in [6.07, 6.45) is 10.2. The van der Waals surface area contributed by atoms with Gasteiger partial charge >= 0.3 is 0 Å². The molecular formula is C35H38F6O. The van der Waals surface area contributed by atoms with Crippen molar-refractivity contribution in [1.82, 2.24) is 0 Å². The van der Waals surface area contributed by atoms with Gasteiger partial charge in [0.2, 0.25) is 5.82 Å². The molecule has 0 radical (unpaired) electrons. The van der Waals surface area contributed by atoms with Gasteiger partial charge in [-0.25, -0.2) is 22.0 Å². The first kappa shape index (κ1) is 31.7. The summed E-state index contributed by atoms with van der Waals surface area (Å²) < 4.78 is 94.1. The molecule has 1 nitrogen and oxygen atoms in total. The van der Waals surface area contributed by atoms with Crippen molar-refractivity contribution in [2.24, 2.45) is 5.92 Å². The number of allylic oxidation sites excluding steroid dienone is 2. The largest absolute Gasteiger partial charge is 0.490 e. The van der Waals surface area contributed by atoms with E-state index in [0.29, 0.717) is 49.7 Å². The minimum absolute atomic E-state index is 0.0764. The molecule has 0 heterocycles. The second-order valence-electron chi connectivity index (χ2n) is 11.1. The highest BCUT2D eigenvalue weighted by atomic mass is 19.2. The Balaban J connectivity index is 1.36. The van der Waals surface area contributed by atoms with Crippen molar-refractivity contribution in [2.75, 3.05) is 6.61 Å². The predicted octanol–water partition coefficient (Wildman–Crippen LogP) is 10.8. The lowest BCUT2D eigenvalue weighted by Gasteiger charge is -2.29. The van der Waals surface area contributed by atoms with Crippen molar-refractivity contribution in [3.8, 4) is 16.9 Å². The van der Waals surface area contributed by atoms with Crippen LogP contribution in [0.1, 0.15) is 87.8 Å². The van der Waals surface area contributed by atoms with Gasteiger partial charge in [-0.3, -0.25) is 0 Å². The maximum atomic E-state index is 15.0. The van der Waals surface area contributed by atoms with E-state index in [0.717, 1.165) is 19.3 Å². The van der Waals surface area contributed by atoms with Crippen LogP contribution < -0.4 is 4.74 Å². The van der Waals surface area contributed by atoms with Crippen LogP contribution in [0, 0.1) is 40.8 Å². The Hall–Kier alpha value is -3.22. The zero-order valence-corrected chi connectivity index (χ0v) is 24.2. The van der Waals surface area contributed by atoms with Crippen LogP contribution >= 0.6 is 0 Å². The third-order valence-corrected chi connectivity index (χ3v) is 8.37. The predicted molar refractivity (Wildman–Crippen MR) is 155 cm³/mol. The molecule has 1 aliphatic rings. The number of aryl methyl sites for hydroxylation is 2. The van der Waals surface area contributed by atoms with Gasteiger partial charge in [0.15, 0.2) is 34.8 Å². The fourth-order valence-electron chi connectivity index (χ4n) is 5.81. The Labute approximate surface area is 244 Å². The van der Waals surface area contributed by atoms with Gasteiger partial charge in [-0.05, 0) is 105 Å². The van der Waals surface area contributed by atoms with Crippen LogP contribution in [-0.4, -0.2) is 6.61 Å². The molecule has 42 heavy (non-hydrogen) atoms. The molecule has 0 saturated heterocycles. The summed E-state index contributed by atoms with van der Waals surface area (Å²) in [6.45, 7) is 4.05. The summed E-state index contributed by atoms with van der Waals surface area (Å²) in [5.41, 5.74) is 0.236. The molecule has 0 spiro atoms. The van der Waals surface area contributed by atoms with E-state index in [2.05, 4.69) is 0 Å². The van der Waals surface area contributed by atoms with E-state index in [1.54, 1.807) is 12.1 Å². The van der Waals surface area contributed by atoms with Crippen LogP contribution in [0.3, 0.4) is 0 Å². The number of rotatable bonds is 12. The number of hydrogen-bond acceptors (Lipinski definition) is 1. The molecule has 0 N–H and O–H groups in total. The van der Waals surface area contributed by atoms with E-state index < -0.39 is 34.9 Å². The molecule has 4 rings (SSSR count). The fourth-order valence-corrected chi connectivity index (χ4v) is 5.81. The smallest absolute Gasteiger partial charge is 0.201 e. The molecule has 3 aromatic carbocycles. The average molecular weight is 589 g/mol. The Morgan fingerprint density at radius 1 is 0.714 bits per heavy atom. The third kappa shape index (κ3) is 7.22. The van der Waals surface area contributed by atoms with Crippen LogP contribution in [0.2, 0.25) is 0 Å². The topological polar surface area (TPSA) is 9.23 Å². The minimum Gasteiger partial charge on any atom is -0.490 e. The summed E-state index contributed by atoms with van der Waals surface area (Å²) >= 11 is 0. The maximum absolute atomic E-state index is 15.0. The maximum Gasteiger partial charge on any atom is 0.201 e. The molecule has 226 valence electrons. The molecule has 7 heteroatoms. The zero-order chi connectivity index (χ0) is 30.2. The van der Waals surface area contributed by atoms with Gasteiger partial charge in [0.05, 0.1) is 6.61 Å². The minimum atomic E-state index is -1.29. The number of ether oxygens (including phenoxy) is 1. The quantitative estimate of drug-likeness (QED) is 0.116. The summed E-state index contributed by atoms with van der Waals surface area (Å²) in [7, 11) is 0. The van der Waals surface area contributed by atoms with Gasteiger partial charge in [-0.2, -0.15) is 4.39 Å².